The number of nitrogens with zero attached hydrogens (tertiary/aromatic N) is 2. The first-order valence-corrected chi connectivity index (χ1v) is 12.8. The number of hydrogen-bond donors (Lipinski definition) is 2. The summed E-state index contributed by atoms with van der Waals surface area (Å²) >= 11 is 3.36. The van der Waals surface area contributed by atoms with Crippen LogP contribution in [0.2, 0.25) is 0 Å². The molecule has 3 aromatic carbocycles. The lowest BCUT2D eigenvalue weighted by Crippen LogP contribution is -2.32. The van der Waals surface area contributed by atoms with Gasteiger partial charge in [-0.2, -0.15) is 10.4 Å². The lowest BCUT2D eigenvalue weighted by Gasteiger charge is -2.18. The van der Waals surface area contributed by atoms with E-state index in [1.165, 1.54) is 18.3 Å². The molecule has 1 amide bonds. The number of hydrazone groups is 1. The third-order valence-corrected chi connectivity index (χ3v) is 6.98. The average Bonchev–Trinajstić information content (AvgIpc) is 2.84. The largest absolute Gasteiger partial charge is 0.478 e. The quantitative estimate of drug-likeness (QED) is 0.287. The van der Waals surface area contributed by atoms with Crippen LogP contribution in [0.5, 0.6) is 5.75 Å². The summed E-state index contributed by atoms with van der Waals surface area (Å²) in [5.41, 5.74) is 4.71. The Labute approximate surface area is 212 Å². The number of ether oxygens (including phenoxy) is 1. The molecule has 0 saturated carbocycles. The van der Waals surface area contributed by atoms with Crippen molar-refractivity contribution in [3.05, 3.63) is 94.0 Å². The van der Waals surface area contributed by atoms with Crippen LogP contribution in [0.25, 0.3) is 0 Å². The number of carbonyl (C=O) groups is 1. The molecule has 1 atom stereocenters. The van der Waals surface area contributed by atoms with Crippen LogP contribution < -0.4 is 14.9 Å². The molecule has 3 aromatic rings. The summed E-state index contributed by atoms with van der Waals surface area (Å²) in [5, 5.41) is 12.6. The molecular formula is C25H23BrN4O4S. The molecular weight excluding hydrogens is 532 g/mol. The van der Waals surface area contributed by atoms with Gasteiger partial charge in [0.15, 0.2) is 6.61 Å². The van der Waals surface area contributed by atoms with Gasteiger partial charge in [-0.05, 0) is 64.3 Å². The number of benzene rings is 3. The Morgan fingerprint density at radius 1 is 1.14 bits per heavy atom. The lowest BCUT2D eigenvalue weighted by molar-refractivity contribution is -0.121. The summed E-state index contributed by atoms with van der Waals surface area (Å²) in [4.78, 5) is 12.7. The van der Waals surface area contributed by atoms with Gasteiger partial charge >= 0.3 is 0 Å². The summed E-state index contributed by atoms with van der Waals surface area (Å²) < 4.78 is 34.4. The van der Waals surface area contributed by atoms with Gasteiger partial charge in [-0.3, -0.25) is 4.79 Å². The molecule has 0 radical (unpaired) electrons. The highest BCUT2D eigenvalue weighted by Gasteiger charge is 2.23. The van der Waals surface area contributed by atoms with Crippen LogP contribution in [0.15, 0.2) is 87.3 Å². The van der Waals surface area contributed by atoms with E-state index in [1.807, 2.05) is 19.1 Å². The van der Waals surface area contributed by atoms with Gasteiger partial charge < -0.3 is 4.74 Å². The van der Waals surface area contributed by atoms with Gasteiger partial charge in [0.05, 0.1) is 21.6 Å². The van der Waals surface area contributed by atoms with E-state index in [0.717, 1.165) is 5.56 Å². The summed E-state index contributed by atoms with van der Waals surface area (Å²) in [6, 6.07) is 21.6. The number of nitrogens with one attached hydrogen (secondary N) is 2. The Bertz CT molecular complexity index is 1340. The minimum atomic E-state index is -3.85. The normalized spacial score (nSPS) is 12.1. The maximum atomic E-state index is 12.9. The molecule has 8 nitrogen and oxygen atoms in total. The Hall–Kier alpha value is -3.52. The fraction of sp³-hybridized carbons (Fsp3) is 0.160. The van der Waals surface area contributed by atoms with Crippen molar-refractivity contribution in [2.75, 3.05) is 6.61 Å². The van der Waals surface area contributed by atoms with Gasteiger partial charge in [0.1, 0.15) is 11.8 Å². The van der Waals surface area contributed by atoms with Crippen LogP contribution in [0.4, 0.5) is 0 Å². The minimum Gasteiger partial charge on any atom is -0.478 e. The highest BCUT2D eigenvalue weighted by Crippen LogP contribution is 2.25. The second-order valence-corrected chi connectivity index (χ2v) is 10.1. The third-order valence-electron chi connectivity index (χ3n) is 4.87. The topological polar surface area (TPSA) is 121 Å². The first-order valence-electron chi connectivity index (χ1n) is 10.5. The second-order valence-electron chi connectivity index (χ2n) is 7.53. The Morgan fingerprint density at radius 3 is 2.51 bits per heavy atom. The Morgan fingerprint density at radius 2 is 1.86 bits per heavy atom. The molecule has 0 aromatic heterocycles. The number of rotatable bonds is 10. The van der Waals surface area contributed by atoms with Crippen LogP contribution in [0.1, 0.15) is 29.2 Å². The average molecular weight is 555 g/mol. The Balaban J connectivity index is 1.69. The first kappa shape index (κ1) is 26.1. The molecule has 0 heterocycles. The molecule has 0 fully saturated rings. The zero-order valence-corrected chi connectivity index (χ0v) is 21.2. The van der Waals surface area contributed by atoms with Crippen molar-refractivity contribution in [3.63, 3.8) is 0 Å². The SMILES string of the molecule is Cc1ccc(S(=O)(=O)N[C@H](CC(=O)N/N=C\c2ccc(OCC#N)c(Br)c2)c2ccccc2)cc1. The maximum Gasteiger partial charge on any atom is 0.242 e. The van der Waals surface area contributed by atoms with E-state index in [2.05, 4.69) is 31.2 Å². The molecule has 0 aliphatic heterocycles. The summed E-state index contributed by atoms with van der Waals surface area (Å²) in [6.45, 7) is 1.80. The monoisotopic (exact) mass is 554 g/mol. The first-order chi connectivity index (χ1) is 16.8. The predicted molar refractivity (Wildman–Crippen MR) is 136 cm³/mol. The number of aryl methyl sites for hydroxylation is 1. The maximum absolute atomic E-state index is 12.9. The van der Waals surface area contributed by atoms with Crippen LogP contribution in [-0.2, 0) is 14.8 Å². The van der Waals surface area contributed by atoms with Crippen molar-refractivity contribution < 1.29 is 17.9 Å². The van der Waals surface area contributed by atoms with Crippen LogP contribution in [-0.4, -0.2) is 27.1 Å². The number of amides is 1. The fourth-order valence-corrected chi connectivity index (χ4v) is 4.86. The number of halogens is 1. The van der Waals surface area contributed by atoms with E-state index in [9.17, 15) is 13.2 Å². The van der Waals surface area contributed by atoms with Gasteiger partial charge in [0.2, 0.25) is 15.9 Å². The van der Waals surface area contributed by atoms with Crippen molar-refractivity contribution >= 4 is 38.1 Å². The van der Waals surface area contributed by atoms with E-state index >= 15 is 0 Å². The smallest absolute Gasteiger partial charge is 0.242 e. The molecule has 3 rings (SSSR count). The molecule has 0 unspecified atom stereocenters. The van der Waals surface area contributed by atoms with Crippen LogP contribution in [0, 0.1) is 18.3 Å². The molecule has 10 heteroatoms. The zero-order chi connectivity index (χ0) is 25.3. The van der Waals surface area contributed by atoms with E-state index in [0.29, 0.717) is 21.3 Å². The molecule has 0 aliphatic carbocycles. The lowest BCUT2D eigenvalue weighted by atomic mass is 10.0. The number of hydrogen-bond acceptors (Lipinski definition) is 6. The summed E-state index contributed by atoms with van der Waals surface area (Å²) in [6.07, 6.45) is 1.29. The standard InChI is InChI=1S/C25H23BrN4O4S/c1-18-7-10-21(11-8-18)35(32,33)30-23(20-5-3-2-4-6-20)16-25(31)29-28-17-19-9-12-24(22(26)15-19)34-14-13-27/h2-12,15,17,23,30H,14,16H2,1H3,(H,29,31)/b28-17-/t23-/m1/s1. The van der Waals surface area contributed by atoms with Gasteiger partial charge in [0, 0.05) is 6.42 Å². The van der Waals surface area contributed by atoms with Crippen molar-refractivity contribution in [1.29, 1.82) is 5.26 Å². The van der Waals surface area contributed by atoms with Crippen molar-refractivity contribution in [2.45, 2.75) is 24.3 Å². The number of sulfonamides is 1. The molecule has 0 bridgehead atoms. The van der Waals surface area contributed by atoms with Gasteiger partial charge in [-0.25, -0.2) is 18.6 Å². The predicted octanol–water partition coefficient (Wildman–Crippen LogP) is 4.22. The fourth-order valence-electron chi connectivity index (χ4n) is 3.12. The van der Waals surface area contributed by atoms with Gasteiger partial charge in [-0.1, -0.05) is 48.0 Å². The van der Waals surface area contributed by atoms with E-state index < -0.39 is 22.0 Å². The number of carbonyl (C=O) groups excluding carboxylic acids is 1. The van der Waals surface area contributed by atoms with Gasteiger partial charge in [0.25, 0.3) is 0 Å². The van der Waals surface area contributed by atoms with Crippen LogP contribution in [0.3, 0.4) is 0 Å². The van der Waals surface area contributed by atoms with E-state index in [1.54, 1.807) is 54.6 Å². The molecule has 2 N–H and O–H groups in total. The molecule has 0 saturated heterocycles. The van der Waals surface area contributed by atoms with Crippen molar-refractivity contribution in [3.8, 4) is 11.8 Å². The third kappa shape index (κ3) is 7.75. The van der Waals surface area contributed by atoms with Crippen LogP contribution >= 0.6 is 15.9 Å². The highest BCUT2D eigenvalue weighted by atomic mass is 79.9. The number of nitriles is 1. The zero-order valence-electron chi connectivity index (χ0n) is 18.8. The molecule has 0 spiro atoms. The van der Waals surface area contributed by atoms with Gasteiger partial charge in [-0.15, -0.1) is 0 Å². The summed E-state index contributed by atoms with van der Waals surface area (Å²) in [7, 11) is -3.85. The summed E-state index contributed by atoms with van der Waals surface area (Å²) in [5.74, 6) is 0.0500. The van der Waals surface area contributed by atoms with E-state index in [-0.39, 0.29) is 17.9 Å². The highest BCUT2D eigenvalue weighted by molar-refractivity contribution is 9.10. The Kier molecular flexibility index (Phi) is 9.14. The van der Waals surface area contributed by atoms with Crippen molar-refractivity contribution in [2.24, 2.45) is 5.10 Å². The molecule has 0 aliphatic rings. The van der Waals surface area contributed by atoms with E-state index in [4.69, 9.17) is 10.00 Å². The molecule has 180 valence electrons. The minimum absolute atomic E-state index is 0.0711. The second kappa shape index (κ2) is 12.3. The van der Waals surface area contributed by atoms with Crippen molar-refractivity contribution in [1.82, 2.24) is 10.1 Å². The molecule has 35 heavy (non-hydrogen) atoms.